The second kappa shape index (κ2) is 8.69. The molecule has 1 aromatic carbocycles. The van der Waals surface area contributed by atoms with E-state index < -0.39 is 0 Å². The lowest BCUT2D eigenvalue weighted by atomic mass is 9.91. The number of nitrogens with zero attached hydrogens (tertiary/aromatic N) is 2. The number of hydrogen-bond acceptors (Lipinski definition) is 3. The first kappa shape index (κ1) is 20.5. The third kappa shape index (κ3) is 4.10. The lowest BCUT2D eigenvalue weighted by Gasteiger charge is -2.40. The summed E-state index contributed by atoms with van der Waals surface area (Å²) in [6.45, 7) is 4.27. The van der Waals surface area contributed by atoms with Crippen LogP contribution in [-0.4, -0.2) is 40.2 Å². The summed E-state index contributed by atoms with van der Waals surface area (Å²) in [6.07, 6.45) is 7.12. The van der Waals surface area contributed by atoms with Gasteiger partial charge in [0.25, 0.3) is 0 Å². The smallest absolute Gasteiger partial charge is 0.225 e. The van der Waals surface area contributed by atoms with Crippen LogP contribution in [0.2, 0.25) is 0 Å². The summed E-state index contributed by atoms with van der Waals surface area (Å²) in [6, 6.07) is 7.77. The zero-order valence-electron chi connectivity index (χ0n) is 15.4. The van der Waals surface area contributed by atoms with E-state index in [-0.39, 0.29) is 42.3 Å². The quantitative estimate of drug-likeness (QED) is 0.880. The predicted molar refractivity (Wildman–Crippen MR) is 106 cm³/mol. The molecule has 0 radical (unpaired) electrons. The zero-order chi connectivity index (χ0) is 18.0. The fourth-order valence-corrected chi connectivity index (χ4v) is 4.01. The Labute approximate surface area is 161 Å². The minimum Gasteiger partial charge on any atom is -0.338 e. The zero-order valence-corrected chi connectivity index (χ0v) is 16.2. The molecule has 142 valence electrons. The van der Waals surface area contributed by atoms with E-state index in [1.165, 1.54) is 0 Å². The topological polar surface area (TPSA) is 66.6 Å². The molecule has 1 fully saturated rings. The number of carbonyl (C=O) groups is 2. The van der Waals surface area contributed by atoms with Gasteiger partial charge in [-0.25, -0.2) is 0 Å². The van der Waals surface area contributed by atoms with Crippen molar-refractivity contribution in [2.75, 3.05) is 6.54 Å². The Balaban J connectivity index is 0.00000243. The maximum atomic E-state index is 13.1. The molecule has 26 heavy (non-hydrogen) atoms. The van der Waals surface area contributed by atoms with Crippen molar-refractivity contribution in [1.82, 2.24) is 9.80 Å². The number of nitrogens with two attached hydrogens (primary N) is 1. The monoisotopic (exact) mass is 377 g/mol. The van der Waals surface area contributed by atoms with Crippen molar-refractivity contribution in [1.29, 1.82) is 0 Å². The predicted octanol–water partition coefficient (Wildman–Crippen LogP) is 3.10. The number of piperidine rings is 1. The highest BCUT2D eigenvalue weighted by molar-refractivity contribution is 5.85. The SMILES string of the molecule is CC(=O)N1C=Cc2ccccc2C1CC(=O)N1CCCCC1C(C)N.Cl. The van der Waals surface area contributed by atoms with E-state index in [0.29, 0.717) is 6.42 Å². The van der Waals surface area contributed by atoms with Crippen LogP contribution in [0.25, 0.3) is 6.08 Å². The van der Waals surface area contributed by atoms with Crippen LogP contribution in [0.4, 0.5) is 0 Å². The molecule has 3 atom stereocenters. The average Bonchev–Trinajstić information content (AvgIpc) is 2.61. The van der Waals surface area contributed by atoms with Crippen LogP contribution in [0, 0.1) is 0 Å². The Hall–Kier alpha value is -1.85. The van der Waals surface area contributed by atoms with Crippen LogP contribution in [0.3, 0.4) is 0 Å². The largest absolute Gasteiger partial charge is 0.338 e. The van der Waals surface area contributed by atoms with E-state index in [9.17, 15) is 9.59 Å². The molecule has 3 rings (SSSR count). The highest BCUT2D eigenvalue weighted by atomic mass is 35.5. The van der Waals surface area contributed by atoms with E-state index in [0.717, 1.165) is 36.9 Å². The van der Waals surface area contributed by atoms with Crippen molar-refractivity contribution in [3.05, 3.63) is 41.6 Å². The number of fused-ring (bicyclic) bond motifs is 1. The molecule has 2 aliphatic rings. The number of rotatable bonds is 3. The fraction of sp³-hybridized carbons (Fsp3) is 0.500. The molecular weight excluding hydrogens is 350 g/mol. The molecule has 0 spiro atoms. The number of carbonyl (C=O) groups excluding carboxylic acids is 2. The Kier molecular flexibility index (Phi) is 6.84. The fourth-order valence-electron chi connectivity index (χ4n) is 4.01. The first-order valence-corrected chi connectivity index (χ1v) is 9.10. The van der Waals surface area contributed by atoms with Gasteiger partial charge >= 0.3 is 0 Å². The van der Waals surface area contributed by atoms with Gasteiger partial charge in [0, 0.05) is 31.8 Å². The molecule has 0 aliphatic carbocycles. The molecule has 6 heteroatoms. The van der Waals surface area contributed by atoms with Gasteiger partial charge in [-0.3, -0.25) is 9.59 Å². The number of hydrogen-bond donors (Lipinski definition) is 1. The highest BCUT2D eigenvalue weighted by Gasteiger charge is 2.34. The number of halogens is 1. The standard InChI is InChI=1S/C20H27N3O2.ClH/c1-14(21)18-9-5-6-11-23(18)20(25)13-19-17-8-4-3-7-16(17)10-12-22(19)15(2)24;/h3-4,7-8,10,12,14,18-19H,5-6,9,11,13,21H2,1-2H3;1H. The Morgan fingerprint density at radius 3 is 2.69 bits per heavy atom. The van der Waals surface area contributed by atoms with Crippen LogP contribution < -0.4 is 5.73 Å². The molecule has 2 heterocycles. The third-order valence-corrected chi connectivity index (χ3v) is 5.31. The Morgan fingerprint density at radius 2 is 2.00 bits per heavy atom. The lowest BCUT2D eigenvalue weighted by molar-refractivity contribution is -0.138. The summed E-state index contributed by atoms with van der Waals surface area (Å²) in [4.78, 5) is 28.8. The van der Waals surface area contributed by atoms with Crippen LogP contribution in [0.15, 0.2) is 30.5 Å². The molecule has 2 N–H and O–H groups in total. The van der Waals surface area contributed by atoms with E-state index in [1.807, 2.05) is 42.2 Å². The molecular formula is C20H28ClN3O2. The molecule has 2 amide bonds. The minimum absolute atomic E-state index is 0. The maximum absolute atomic E-state index is 13.1. The maximum Gasteiger partial charge on any atom is 0.225 e. The van der Waals surface area contributed by atoms with E-state index in [1.54, 1.807) is 18.0 Å². The van der Waals surface area contributed by atoms with E-state index in [2.05, 4.69) is 0 Å². The van der Waals surface area contributed by atoms with E-state index in [4.69, 9.17) is 5.73 Å². The van der Waals surface area contributed by atoms with E-state index >= 15 is 0 Å². The van der Waals surface area contributed by atoms with Gasteiger partial charge in [0.15, 0.2) is 0 Å². The molecule has 0 saturated carbocycles. The van der Waals surface area contributed by atoms with Crippen LogP contribution in [0.1, 0.15) is 56.7 Å². The number of likely N-dealkylation sites (tertiary alicyclic amines) is 1. The Morgan fingerprint density at radius 1 is 1.27 bits per heavy atom. The first-order chi connectivity index (χ1) is 12.0. The lowest BCUT2D eigenvalue weighted by Crippen LogP contribution is -2.52. The molecule has 0 aromatic heterocycles. The third-order valence-electron chi connectivity index (χ3n) is 5.31. The molecule has 1 saturated heterocycles. The summed E-state index contributed by atoms with van der Waals surface area (Å²) >= 11 is 0. The molecule has 1 aromatic rings. The Bertz CT molecular complexity index is 689. The second-order valence-electron chi connectivity index (χ2n) is 7.10. The van der Waals surface area contributed by atoms with Crippen molar-refractivity contribution < 1.29 is 9.59 Å². The second-order valence-corrected chi connectivity index (χ2v) is 7.10. The summed E-state index contributed by atoms with van der Waals surface area (Å²) < 4.78 is 0. The average molecular weight is 378 g/mol. The van der Waals surface area contributed by atoms with Gasteiger partial charge in [0.2, 0.25) is 11.8 Å². The van der Waals surface area contributed by atoms with Gasteiger partial charge in [-0.05, 0) is 43.4 Å². The van der Waals surface area contributed by atoms with Crippen molar-refractivity contribution in [3.63, 3.8) is 0 Å². The van der Waals surface area contributed by atoms with Crippen molar-refractivity contribution in [2.45, 2.75) is 57.7 Å². The minimum atomic E-state index is -0.248. The van der Waals surface area contributed by atoms with Crippen LogP contribution in [-0.2, 0) is 9.59 Å². The molecule has 0 bridgehead atoms. The van der Waals surface area contributed by atoms with Crippen molar-refractivity contribution in [2.24, 2.45) is 5.73 Å². The summed E-state index contributed by atoms with van der Waals surface area (Å²) in [5, 5.41) is 0. The van der Waals surface area contributed by atoms with Gasteiger partial charge in [-0.15, -0.1) is 12.4 Å². The summed E-state index contributed by atoms with van der Waals surface area (Å²) in [5.74, 6) is 0.0364. The summed E-state index contributed by atoms with van der Waals surface area (Å²) in [5.41, 5.74) is 8.21. The number of amides is 2. The molecule has 3 unspecified atom stereocenters. The van der Waals surface area contributed by atoms with Gasteiger partial charge in [0.1, 0.15) is 0 Å². The molecule has 5 nitrogen and oxygen atoms in total. The summed E-state index contributed by atoms with van der Waals surface area (Å²) in [7, 11) is 0. The van der Waals surface area contributed by atoms with Crippen molar-refractivity contribution in [3.8, 4) is 0 Å². The van der Waals surface area contributed by atoms with Crippen molar-refractivity contribution >= 4 is 30.3 Å². The first-order valence-electron chi connectivity index (χ1n) is 9.10. The highest BCUT2D eigenvalue weighted by Crippen LogP contribution is 2.34. The normalized spacial score (nSPS) is 23.0. The van der Waals surface area contributed by atoms with Gasteiger partial charge in [0.05, 0.1) is 12.5 Å². The van der Waals surface area contributed by atoms with Gasteiger partial charge < -0.3 is 15.5 Å². The van der Waals surface area contributed by atoms with Crippen LogP contribution >= 0.6 is 12.4 Å². The van der Waals surface area contributed by atoms with Crippen LogP contribution in [0.5, 0.6) is 0 Å². The van der Waals surface area contributed by atoms with Gasteiger partial charge in [-0.2, -0.15) is 0 Å². The number of benzene rings is 1. The van der Waals surface area contributed by atoms with Gasteiger partial charge in [-0.1, -0.05) is 24.3 Å². The molecule has 2 aliphatic heterocycles.